The molecular formula is C16H12Cl2N4Pd. The van der Waals surface area contributed by atoms with Gasteiger partial charge in [0.1, 0.15) is 0 Å². The zero-order valence-corrected chi connectivity index (χ0v) is 15.0. The molecule has 23 heavy (non-hydrogen) atoms. The Kier molecular flexibility index (Phi) is 3.90. The predicted octanol–water partition coefficient (Wildman–Crippen LogP) is 4.25. The van der Waals surface area contributed by atoms with Crippen molar-refractivity contribution in [3.05, 3.63) is 66.3 Å². The van der Waals surface area contributed by atoms with Gasteiger partial charge in [0.2, 0.25) is 0 Å². The first-order valence-electron chi connectivity index (χ1n) is 6.97. The minimum atomic E-state index is -0.187. The van der Waals surface area contributed by atoms with Crippen LogP contribution in [0.2, 0.25) is 0 Å². The summed E-state index contributed by atoms with van der Waals surface area (Å²) in [6.45, 7) is 4.49. The Balaban J connectivity index is 1.92. The van der Waals surface area contributed by atoms with Crippen molar-refractivity contribution < 1.29 is 17.0 Å². The van der Waals surface area contributed by atoms with Gasteiger partial charge >= 0.3 is 152 Å². The van der Waals surface area contributed by atoms with Crippen molar-refractivity contribution in [1.29, 1.82) is 0 Å². The average Bonchev–Trinajstić information content (AvgIpc) is 2.71. The fraction of sp³-hybridized carbons (Fsp3) is 0.125. The number of hydrogen-bond donors (Lipinski definition) is 0. The Labute approximate surface area is 151 Å². The summed E-state index contributed by atoms with van der Waals surface area (Å²) in [5, 5.41) is 10.5. The van der Waals surface area contributed by atoms with Gasteiger partial charge in [0.05, 0.1) is 0 Å². The second kappa shape index (κ2) is 5.92. The Hall–Kier alpha value is -1.38. The first-order chi connectivity index (χ1) is 11.3. The van der Waals surface area contributed by atoms with Crippen LogP contribution in [0.3, 0.4) is 0 Å². The molecule has 1 unspecified atom stereocenters. The fourth-order valence-electron chi connectivity index (χ4n) is 2.97. The van der Waals surface area contributed by atoms with Crippen molar-refractivity contribution in [2.45, 2.75) is 6.17 Å². The van der Waals surface area contributed by atoms with Gasteiger partial charge in [-0.3, -0.25) is 0 Å². The van der Waals surface area contributed by atoms with Crippen LogP contribution >= 0.6 is 21.3 Å². The number of rotatable bonds is 4. The number of hydrogen-bond acceptors (Lipinski definition) is 4. The van der Waals surface area contributed by atoms with Gasteiger partial charge < -0.3 is 0 Å². The van der Waals surface area contributed by atoms with E-state index >= 15 is 0 Å². The molecule has 2 aromatic carbocycles. The normalized spacial score (nSPS) is 19.5. The summed E-state index contributed by atoms with van der Waals surface area (Å²) in [7, 11) is 6.26. The molecule has 2 aliphatic heterocycles. The molecule has 0 spiro atoms. The monoisotopic (exact) mass is 436 g/mol. The minimum absolute atomic E-state index is 0.0478. The van der Waals surface area contributed by atoms with Gasteiger partial charge in [-0.15, -0.1) is 0 Å². The maximum atomic E-state index is 6.58. The van der Waals surface area contributed by atoms with Gasteiger partial charge in [-0.05, 0) is 0 Å². The van der Waals surface area contributed by atoms with E-state index in [9.17, 15) is 0 Å². The third-order valence-electron chi connectivity index (χ3n) is 3.96. The van der Waals surface area contributed by atoms with Gasteiger partial charge in [-0.2, -0.15) is 0 Å². The van der Waals surface area contributed by atoms with E-state index < -0.39 is 0 Å². The number of azo groups is 1. The molecule has 0 bridgehead atoms. The van der Waals surface area contributed by atoms with Crippen molar-refractivity contribution in [3.8, 4) is 0 Å². The van der Waals surface area contributed by atoms with Crippen LogP contribution in [0.1, 0.15) is 11.7 Å². The molecule has 2 heterocycles. The molecule has 2 aliphatic rings. The van der Waals surface area contributed by atoms with Crippen LogP contribution in [-0.2, 0) is 17.0 Å². The summed E-state index contributed by atoms with van der Waals surface area (Å²) in [5.41, 5.74) is 1.11. The average molecular weight is 438 g/mol. The number of halogens is 2. The van der Waals surface area contributed by atoms with Crippen LogP contribution in [0.4, 0.5) is 0 Å². The third-order valence-corrected chi connectivity index (χ3v) is 6.06. The van der Waals surface area contributed by atoms with E-state index in [0.29, 0.717) is 12.4 Å². The summed E-state index contributed by atoms with van der Waals surface area (Å²) in [5.74, 6) is 1.52. The Morgan fingerprint density at radius 3 is 2.65 bits per heavy atom. The molecule has 0 saturated heterocycles. The van der Waals surface area contributed by atoms with E-state index in [0.717, 1.165) is 26.2 Å². The molecule has 0 saturated carbocycles. The van der Waals surface area contributed by atoms with Crippen LogP contribution in [0.15, 0.2) is 70.9 Å². The zero-order valence-electron chi connectivity index (χ0n) is 11.9. The summed E-state index contributed by atoms with van der Waals surface area (Å²) < 4.78 is 2.75. The van der Waals surface area contributed by atoms with Crippen LogP contribution in [0.25, 0.3) is 10.8 Å². The third kappa shape index (κ3) is 2.23. The molecule has 4 rings (SSSR count). The first-order valence-corrected chi connectivity index (χ1v) is 10.1. The second-order valence-electron chi connectivity index (χ2n) is 5.18. The van der Waals surface area contributed by atoms with Gasteiger partial charge in [-0.1, -0.05) is 0 Å². The predicted molar refractivity (Wildman–Crippen MR) is 88.7 cm³/mol. The van der Waals surface area contributed by atoms with E-state index in [1.165, 1.54) is 0 Å². The molecule has 0 fully saturated rings. The Morgan fingerprint density at radius 1 is 1.17 bits per heavy atom. The maximum absolute atomic E-state index is 6.58. The Morgan fingerprint density at radius 2 is 1.96 bits per heavy atom. The van der Waals surface area contributed by atoms with Crippen LogP contribution in [0.5, 0.6) is 0 Å². The summed E-state index contributed by atoms with van der Waals surface area (Å²) in [6.07, 6.45) is 1.66. The standard InChI is InChI=1S/C16H12ClN4.ClH.Pd/c1-2-10-20-14-15(19-18-14)21(17)16(20)13-9-5-7-11-6-3-4-8-12(11)13;;/h2-8,16H,1,10H2;1H;/q;;+1/p-1. The van der Waals surface area contributed by atoms with Crippen LogP contribution in [0, 0.1) is 0 Å². The molecule has 0 aromatic heterocycles. The van der Waals surface area contributed by atoms with E-state index in [1.807, 2.05) is 18.2 Å². The summed E-state index contributed by atoms with van der Waals surface area (Å²) in [4.78, 5) is 2.11. The van der Waals surface area contributed by atoms with Crippen molar-refractivity contribution in [2.24, 2.45) is 10.2 Å². The molecule has 0 amide bonds. The van der Waals surface area contributed by atoms with Crippen molar-refractivity contribution in [1.82, 2.24) is 9.32 Å². The van der Waals surface area contributed by atoms with Gasteiger partial charge in [0.25, 0.3) is 0 Å². The molecule has 7 heteroatoms. The molecule has 2 aromatic rings. The van der Waals surface area contributed by atoms with E-state index in [1.54, 1.807) is 4.42 Å². The zero-order chi connectivity index (χ0) is 16.0. The van der Waals surface area contributed by atoms with Gasteiger partial charge in [0, 0.05) is 0 Å². The van der Waals surface area contributed by atoms with Gasteiger partial charge in [-0.25, -0.2) is 0 Å². The molecular weight excluding hydrogens is 426 g/mol. The summed E-state index contributed by atoms with van der Waals surface area (Å²) >= 11 is 6.53. The van der Waals surface area contributed by atoms with Crippen LogP contribution in [-0.4, -0.2) is 15.9 Å². The SMILES string of the molecule is C=CCN1C2=C(N=N2)N(Cl)C1c1[c]([Pd][Cl])ccc2ccccc12. The van der Waals surface area contributed by atoms with E-state index in [-0.39, 0.29) is 23.1 Å². The molecule has 0 radical (unpaired) electrons. The molecule has 1 atom stereocenters. The van der Waals surface area contributed by atoms with Crippen molar-refractivity contribution in [3.63, 3.8) is 0 Å². The van der Waals surface area contributed by atoms with E-state index in [2.05, 4.69) is 46.0 Å². The Bertz CT molecular complexity index is 864. The first kappa shape index (κ1) is 15.2. The summed E-state index contributed by atoms with van der Waals surface area (Å²) in [6, 6.07) is 12.4. The number of benzene rings is 2. The second-order valence-corrected chi connectivity index (χ2v) is 7.38. The van der Waals surface area contributed by atoms with Crippen LogP contribution < -0.4 is 4.04 Å². The number of nitrogens with zero attached hydrogens (tertiary/aromatic N) is 4. The number of fused-ring (bicyclic) bond motifs is 1. The van der Waals surface area contributed by atoms with Crippen molar-refractivity contribution >= 4 is 36.1 Å². The molecule has 120 valence electrons. The molecule has 0 N–H and O–H groups in total. The quantitative estimate of drug-likeness (QED) is 0.407. The topological polar surface area (TPSA) is 31.2 Å². The molecule has 0 aliphatic carbocycles. The van der Waals surface area contributed by atoms with E-state index in [4.69, 9.17) is 21.3 Å². The fourth-order valence-corrected chi connectivity index (χ4v) is 4.70. The van der Waals surface area contributed by atoms with Gasteiger partial charge in [0.15, 0.2) is 0 Å². The van der Waals surface area contributed by atoms with Crippen molar-refractivity contribution in [2.75, 3.05) is 6.54 Å². The molecule has 4 nitrogen and oxygen atoms in total.